The van der Waals surface area contributed by atoms with Gasteiger partial charge < -0.3 is 15.2 Å². The van der Waals surface area contributed by atoms with E-state index >= 15 is 0 Å². The molecule has 4 nitrogen and oxygen atoms in total. The first-order chi connectivity index (χ1) is 12.1. The Hall–Kier alpha value is -2.33. The van der Waals surface area contributed by atoms with E-state index in [1.807, 2.05) is 24.3 Å². The standard InChI is InChI=1S/C21H23NO3/c1-14-10-21(11-14,13-23)22-20(24)25-12-19-17-8-4-2-6-15(17)16-7-3-5-9-18(16)19/h2-9,14,19,23H,10-13H2,1H3,(H,22,24). The van der Waals surface area contributed by atoms with Crippen LogP contribution in [0.25, 0.3) is 11.1 Å². The lowest BCUT2D eigenvalue weighted by molar-refractivity contribution is 0.0398. The van der Waals surface area contributed by atoms with Crippen molar-refractivity contribution in [3.63, 3.8) is 0 Å². The second-order valence-electron chi connectivity index (χ2n) is 7.40. The molecule has 1 amide bonds. The van der Waals surface area contributed by atoms with Crippen molar-refractivity contribution in [3.8, 4) is 11.1 Å². The van der Waals surface area contributed by atoms with Crippen LogP contribution in [0, 0.1) is 5.92 Å². The molecule has 25 heavy (non-hydrogen) atoms. The molecular formula is C21H23NO3. The third-order valence-corrected chi connectivity index (χ3v) is 5.49. The summed E-state index contributed by atoms with van der Waals surface area (Å²) in [5.41, 5.74) is 4.33. The van der Waals surface area contributed by atoms with Gasteiger partial charge in [0.25, 0.3) is 0 Å². The lowest BCUT2D eigenvalue weighted by atomic mass is 9.70. The minimum atomic E-state index is -0.498. The maximum absolute atomic E-state index is 12.3. The molecule has 0 aliphatic heterocycles. The minimum absolute atomic E-state index is 0.0401. The number of benzene rings is 2. The summed E-state index contributed by atoms with van der Waals surface area (Å²) in [5.74, 6) is 0.588. The van der Waals surface area contributed by atoms with Gasteiger partial charge in [0.2, 0.25) is 0 Å². The van der Waals surface area contributed by atoms with Crippen molar-refractivity contribution in [2.24, 2.45) is 5.92 Å². The first kappa shape index (κ1) is 16.2. The molecule has 0 aromatic heterocycles. The van der Waals surface area contributed by atoms with E-state index in [0.29, 0.717) is 12.5 Å². The molecule has 0 radical (unpaired) electrons. The fourth-order valence-electron chi connectivity index (χ4n) is 4.40. The third-order valence-electron chi connectivity index (χ3n) is 5.49. The van der Waals surface area contributed by atoms with Crippen molar-refractivity contribution in [2.75, 3.05) is 13.2 Å². The molecule has 1 saturated carbocycles. The molecule has 2 aliphatic carbocycles. The minimum Gasteiger partial charge on any atom is -0.449 e. The van der Waals surface area contributed by atoms with Gasteiger partial charge in [-0.1, -0.05) is 55.5 Å². The van der Waals surface area contributed by atoms with E-state index in [-0.39, 0.29) is 12.5 Å². The molecule has 1 fully saturated rings. The number of nitrogens with one attached hydrogen (secondary N) is 1. The first-order valence-corrected chi connectivity index (χ1v) is 8.86. The quantitative estimate of drug-likeness (QED) is 0.895. The number of alkyl carbamates (subject to hydrolysis) is 1. The van der Waals surface area contributed by atoms with Crippen molar-refractivity contribution < 1.29 is 14.6 Å². The predicted octanol–water partition coefficient (Wildman–Crippen LogP) is 3.69. The number of rotatable bonds is 4. The van der Waals surface area contributed by atoms with Gasteiger partial charge in [-0.25, -0.2) is 4.79 Å². The number of fused-ring (bicyclic) bond motifs is 3. The van der Waals surface area contributed by atoms with E-state index in [4.69, 9.17) is 4.74 Å². The van der Waals surface area contributed by atoms with Crippen LogP contribution in [0.4, 0.5) is 4.79 Å². The van der Waals surface area contributed by atoms with Gasteiger partial charge in [-0.15, -0.1) is 0 Å². The van der Waals surface area contributed by atoms with E-state index in [1.165, 1.54) is 22.3 Å². The summed E-state index contributed by atoms with van der Waals surface area (Å²) in [4.78, 5) is 12.3. The Labute approximate surface area is 147 Å². The van der Waals surface area contributed by atoms with Gasteiger partial charge >= 0.3 is 6.09 Å². The molecule has 2 aliphatic rings. The van der Waals surface area contributed by atoms with E-state index in [1.54, 1.807) is 0 Å². The van der Waals surface area contributed by atoms with Crippen LogP contribution >= 0.6 is 0 Å². The van der Waals surface area contributed by atoms with Crippen molar-refractivity contribution >= 4 is 6.09 Å². The topological polar surface area (TPSA) is 58.6 Å². The van der Waals surface area contributed by atoms with Crippen LogP contribution < -0.4 is 5.32 Å². The van der Waals surface area contributed by atoms with Gasteiger partial charge in [0, 0.05) is 5.92 Å². The highest BCUT2D eigenvalue weighted by molar-refractivity contribution is 5.79. The maximum Gasteiger partial charge on any atom is 0.407 e. The molecule has 4 rings (SSSR count). The lowest BCUT2D eigenvalue weighted by Gasteiger charge is -2.45. The Morgan fingerprint density at radius 1 is 1.12 bits per heavy atom. The van der Waals surface area contributed by atoms with E-state index in [2.05, 4.69) is 36.5 Å². The smallest absolute Gasteiger partial charge is 0.407 e. The fourth-order valence-corrected chi connectivity index (χ4v) is 4.40. The highest BCUT2D eigenvalue weighted by atomic mass is 16.5. The van der Waals surface area contributed by atoms with E-state index in [9.17, 15) is 9.90 Å². The average Bonchev–Trinajstić information content (AvgIpc) is 2.92. The predicted molar refractivity (Wildman–Crippen MR) is 96.4 cm³/mol. The fraction of sp³-hybridized carbons (Fsp3) is 0.381. The maximum atomic E-state index is 12.3. The SMILES string of the molecule is CC1CC(CO)(NC(=O)OCC2c3ccccc3-c3ccccc32)C1. The molecule has 0 saturated heterocycles. The molecule has 0 heterocycles. The van der Waals surface area contributed by atoms with Gasteiger partial charge in [0.05, 0.1) is 12.1 Å². The summed E-state index contributed by atoms with van der Waals surface area (Å²) in [6, 6.07) is 16.6. The summed E-state index contributed by atoms with van der Waals surface area (Å²) >= 11 is 0. The Bertz CT molecular complexity index is 750. The number of aliphatic hydroxyl groups excluding tert-OH is 1. The monoisotopic (exact) mass is 337 g/mol. The summed E-state index contributed by atoms with van der Waals surface area (Å²) < 4.78 is 5.55. The van der Waals surface area contributed by atoms with Gasteiger partial charge in [-0.2, -0.15) is 0 Å². The van der Waals surface area contributed by atoms with Crippen LogP contribution in [0.15, 0.2) is 48.5 Å². The molecule has 0 atom stereocenters. The number of carbonyl (C=O) groups excluding carboxylic acids is 1. The normalized spacial score (nSPS) is 24.2. The molecule has 2 N–H and O–H groups in total. The molecule has 0 bridgehead atoms. The number of carbonyl (C=O) groups is 1. The molecular weight excluding hydrogens is 314 g/mol. The van der Waals surface area contributed by atoms with Gasteiger partial charge in [-0.3, -0.25) is 0 Å². The van der Waals surface area contributed by atoms with Crippen molar-refractivity contribution in [2.45, 2.75) is 31.2 Å². The summed E-state index contributed by atoms with van der Waals surface area (Å²) in [6.07, 6.45) is 1.16. The second kappa shape index (κ2) is 6.19. The third kappa shape index (κ3) is 2.81. The van der Waals surface area contributed by atoms with Crippen molar-refractivity contribution in [1.29, 1.82) is 0 Å². The van der Waals surface area contributed by atoms with Crippen LogP contribution in [0.2, 0.25) is 0 Å². The van der Waals surface area contributed by atoms with Crippen LogP contribution in [0.3, 0.4) is 0 Å². The molecule has 4 heteroatoms. The van der Waals surface area contributed by atoms with E-state index in [0.717, 1.165) is 12.8 Å². The number of ether oxygens (including phenoxy) is 1. The summed E-state index contributed by atoms with van der Waals surface area (Å²) in [5, 5.41) is 12.4. The molecule has 130 valence electrons. The molecule has 0 unspecified atom stereocenters. The average molecular weight is 337 g/mol. The second-order valence-corrected chi connectivity index (χ2v) is 7.40. The van der Waals surface area contributed by atoms with Crippen LogP contribution in [-0.2, 0) is 4.74 Å². The molecule has 2 aromatic carbocycles. The van der Waals surface area contributed by atoms with Crippen LogP contribution in [0.5, 0.6) is 0 Å². The van der Waals surface area contributed by atoms with Crippen LogP contribution in [-0.4, -0.2) is 30.0 Å². The van der Waals surface area contributed by atoms with Gasteiger partial charge in [0.1, 0.15) is 6.61 Å². The van der Waals surface area contributed by atoms with Crippen molar-refractivity contribution in [3.05, 3.63) is 59.7 Å². The van der Waals surface area contributed by atoms with Gasteiger partial charge in [0.15, 0.2) is 0 Å². The highest BCUT2D eigenvalue weighted by Crippen LogP contribution is 2.44. The van der Waals surface area contributed by atoms with Crippen LogP contribution in [0.1, 0.15) is 36.8 Å². The Morgan fingerprint density at radius 3 is 2.20 bits per heavy atom. The highest BCUT2D eigenvalue weighted by Gasteiger charge is 2.43. The zero-order valence-electron chi connectivity index (χ0n) is 14.4. The largest absolute Gasteiger partial charge is 0.449 e. The molecule has 2 aromatic rings. The summed E-state index contributed by atoms with van der Waals surface area (Å²) in [6.45, 7) is 2.38. The number of hydrogen-bond acceptors (Lipinski definition) is 3. The lowest BCUT2D eigenvalue weighted by Crippen LogP contribution is -2.59. The first-order valence-electron chi connectivity index (χ1n) is 8.86. The van der Waals surface area contributed by atoms with Gasteiger partial charge in [-0.05, 0) is 41.0 Å². The number of hydrogen-bond donors (Lipinski definition) is 2. The Kier molecular flexibility index (Phi) is 4.00. The Balaban J connectivity index is 1.47. The zero-order valence-corrected chi connectivity index (χ0v) is 14.4. The Morgan fingerprint density at radius 2 is 1.68 bits per heavy atom. The number of amides is 1. The number of aliphatic hydroxyl groups is 1. The summed E-state index contributed by atoms with van der Waals surface area (Å²) in [7, 11) is 0. The van der Waals surface area contributed by atoms with Crippen molar-refractivity contribution in [1.82, 2.24) is 5.32 Å². The van der Waals surface area contributed by atoms with E-state index < -0.39 is 11.6 Å². The molecule has 0 spiro atoms. The zero-order chi connectivity index (χ0) is 17.4.